The molecule has 0 radical (unpaired) electrons. The summed E-state index contributed by atoms with van der Waals surface area (Å²) < 4.78 is 0. The molecule has 2 rings (SSSR count). The maximum atomic E-state index is 12.1. The summed E-state index contributed by atoms with van der Waals surface area (Å²) in [6, 6.07) is 9.87. The van der Waals surface area contributed by atoms with Crippen LogP contribution in [0.15, 0.2) is 30.3 Å². The Labute approximate surface area is 125 Å². The first-order valence-electron chi connectivity index (χ1n) is 7.15. The van der Waals surface area contributed by atoms with Gasteiger partial charge in [0, 0.05) is 13.1 Å². The second kappa shape index (κ2) is 6.26. The number of carbonyl (C=O) groups is 2. The zero-order chi connectivity index (χ0) is 15.5. The summed E-state index contributed by atoms with van der Waals surface area (Å²) in [7, 11) is 0. The molecule has 1 saturated heterocycles. The molecule has 0 unspecified atom stereocenters. The van der Waals surface area contributed by atoms with Crippen LogP contribution in [0.25, 0.3) is 0 Å². The second-order valence-electron chi connectivity index (χ2n) is 6.29. The van der Waals surface area contributed by atoms with Crippen LogP contribution in [0.4, 0.5) is 0 Å². The van der Waals surface area contributed by atoms with Crippen molar-refractivity contribution in [2.75, 3.05) is 19.6 Å². The number of carbonyl (C=O) groups excluding carboxylic acids is 2. The van der Waals surface area contributed by atoms with Crippen molar-refractivity contribution in [3.63, 3.8) is 0 Å². The highest BCUT2D eigenvalue weighted by molar-refractivity contribution is 5.79. The number of rotatable bonds is 3. The lowest BCUT2D eigenvalue weighted by molar-refractivity contribution is -0.208. The lowest BCUT2D eigenvalue weighted by atomic mass is 9.98. The molecule has 0 spiro atoms. The van der Waals surface area contributed by atoms with Crippen LogP contribution >= 0.6 is 0 Å². The van der Waals surface area contributed by atoms with Gasteiger partial charge in [-0.15, -0.1) is 5.06 Å². The van der Waals surface area contributed by atoms with Crippen molar-refractivity contribution in [1.82, 2.24) is 9.96 Å². The van der Waals surface area contributed by atoms with Gasteiger partial charge >= 0.3 is 5.97 Å². The Kier molecular flexibility index (Phi) is 4.63. The molecule has 0 bridgehead atoms. The first-order chi connectivity index (χ1) is 9.86. The molecular formula is C16H22N2O3. The summed E-state index contributed by atoms with van der Waals surface area (Å²) in [5.41, 5.74) is 0.538. The Morgan fingerprint density at radius 3 is 2.43 bits per heavy atom. The van der Waals surface area contributed by atoms with E-state index in [1.165, 1.54) is 5.06 Å². The summed E-state index contributed by atoms with van der Waals surface area (Å²) in [4.78, 5) is 31.0. The van der Waals surface area contributed by atoms with Gasteiger partial charge in [-0.05, 0) is 26.3 Å². The monoisotopic (exact) mass is 290 g/mol. The zero-order valence-electron chi connectivity index (χ0n) is 12.8. The SMILES string of the molecule is CC(C)(C)C(=O)ON1CCN(Cc2ccccc2)C(=O)C1. The predicted molar refractivity (Wildman–Crippen MR) is 79.0 cm³/mol. The lowest BCUT2D eigenvalue weighted by Gasteiger charge is -2.34. The molecule has 1 aliphatic rings. The number of hydroxylamine groups is 2. The second-order valence-corrected chi connectivity index (χ2v) is 6.29. The fourth-order valence-electron chi connectivity index (χ4n) is 1.99. The van der Waals surface area contributed by atoms with Crippen molar-refractivity contribution in [3.8, 4) is 0 Å². The average Bonchev–Trinajstić information content (AvgIpc) is 2.42. The molecule has 5 nitrogen and oxygen atoms in total. The average molecular weight is 290 g/mol. The van der Waals surface area contributed by atoms with E-state index in [9.17, 15) is 9.59 Å². The molecule has 1 heterocycles. The molecule has 0 aromatic heterocycles. The first kappa shape index (κ1) is 15.5. The Bertz CT molecular complexity index is 508. The molecule has 0 atom stereocenters. The maximum Gasteiger partial charge on any atom is 0.330 e. The van der Waals surface area contributed by atoms with E-state index in [-0.39, 0.29) is 18.4 Å². The van der Waals surface area contributed by atoms with Gasteiger partial charge in [-0.25, -0.2) is 4.79 Å². The standard InChI is InChI=1S/C16H22N2O3/c1-16(2,3)15(20)21-18-10-9-17(14(19)12-18)11-13-7-5-4-6-8-13/h4-8H,9-12H2,1-3H3. The zero-order valence-corrected chi connectivity index (χ0v) is 12.8. The van der Waals surface area contributed by atoms with E-state index in [0.717, 1.165) is 5.56 Å². The normalized spacial score (nSPS) is 16.9. The largest absolute Gasteiger partial charge is 0.367 e. The highest BCUT2D eigenvalue weighted by Gasteiger charge is 2.30. The van der Waals surface area contributed by atoms with Crippen molar-refractivity contribution in [1.29, 1.82) is 0 Å². The predicted octanol–water partition coefficient (Wildman–Crippen LogP) is 1.84. The van der Waals surface area contributed by atoms with Crippen molar-refractivity contribution < 1.29 is 14.4 Å². The van der Waals surface area contributed by atoms with Crippen LogP contribution in [0.2, 0.25) is 0 Å². The lowest BCUT2D eigenvalue weighted by Crippen LogP contribution is -2.51. The van der Waals surface area contributed by atoms with Gasteiger partial charge in [-0.1, -0.05) is 30.3 Å². The quantitative estimate of drug-likeness (QED) is 0.852. The number of hydrogen-bond acceptors (Lipinski definition) is 4. The van der Waals surface area contributed by atoms with Gasteiger partial charge < -0.3 is 9.74 Å². The van der Waals surface area contributed by atoms with Crippen molar-refractivity contribution in [3.05, 3.63) is 35.9 Å². The topological polar surface area (TPSA) is 49.9 Å². The molecule has 1 amide bonds. The van der Waals surface area contributed by atoms with E-state index < -0.39 is 5.41 Å². The molecule has 0 N–H and O–H groups in total. The summed E-state index contributed by atoms with van der Waals surface area (Å²) in [6.45, 7) is 7.20. The number of benzene rings is 1. The molecular weight excluding hydrogens is 268 g/mol. The Morgan fingerprint density at radius 1 is 1.19 bits per heavy atom. The van der Waals surface area contributed by atoms with Crippen LogP contribution < -0.4 is 0 Å². The van der Waals surface area contributed by atoms with Crippen molar-refractivity contribution in [2.45, 2.75) is 27.3 Å². The fraction of sp³-hybridized carbons (Fsp3) is 0.500. The molecule has 0 aliphatic carbocycles. The molecule has 0 saturated carbocycles. The highest BCUT2D eigenvalue weighted by atomic mass is 16.7. The summed E-state index contributed by atoms with van der Waals surface area (Å²) in [5, 5.41) is 1.46. The van der Waals surface area contributed by atoms with Gasteiger partial charge in [0.25, 0.3) is 0 Å². The number of nitrogens with zero attached hydrogens (tertiary/aromatic N) is 2. The first-order valence-corrected chi connectivity index (χ1v) is 7.15. The molecule has 21 heavy (non-hydrogen) atoms. The van der Waals surface area contributed by atoms with Crippen LogP contribution in [0.1, 0.15) is 26.3 Å². The fourth-order valence-corrected chi connectivity index (χ4v) is 1.99. The third kappa shape index (κ3) is 4.29. The molecule has 1 aliphatic heterocycles. The molecule has 1 fully saturated rings. The van der Waals surface area contributed by atoms with Crippen LogP contribution in [-0.2, 0) is 21.0 Å². The van der Waals surface area contributed by atoms with E-state index in [0.29, 0.717) is 19.6 Å². The van der Waals surface area contributed by atoms with Crippen molar-refractivity contribution >= 4 is 11.9 Å². The van der Waals surface area contributed by atoms with E-state index in [2.05, 4.69) is 0 Å². The highest BCUT2D eigenvalue weighted by Crippen LogP contribution is 2.17. The van der Waals surface area contributed by atoms with Gasteiger partial charge in [0.1, 0.15) is 6.54 Å². The Hall–Kier alpha value is -1.88. The third-order valence-electron chi connectivity index (χ3n) is 3.32. The van der Waals surface area contributed by atoms with Crippen LogP contribution in [0.3, 0.4) is 0 Å². The van der Waals surface area contributed by atoms with E-state index in [4.69, 9.17) is 4.84 Å². The molecule has 5 heteroatoms. The van der Waals surface area contributed by atoms with Crippen LogP contribution in [0.5, 0.6) is 0 Å². The number of piperazine rings is 1. The van der Waals surface area contributed by atoms with E-state index >= 15 is 0 Å². The summed E-state index contributed by atoms with van der Waals surface area (Å²) in [6.07, 6.45) is 0. The number of amides is 1. The minimum atomic E-state index is -0.565. The Morgan fingerprint density at radius 2 is 1.86 bits per heavy atom. The van der Waals surface area contributed by atoms with E-state index in [1.807, 2.05) is 30.3 Å². The smallest absolute Gasteiger partial charge is 0.330 e. The van der Waals surface area contributed by atoms with Crippen molar-refractivity contribution in [2.24, 2.45) is 5.41 Å². The van der Waals surface area contributed by atoms with Gasteiger partial charge in [-0.3, -0.25) is 4.79 Å². The van der Waals surface area contributed by atoms with E-state index in [1.54, 1.807) is 25.7 Å². The third-order valence-corrected chi connectivity index (χ3v) is 3.32. The molecule has 114 valence electrons. The maximum absolute atomic E-state index is 12.1. The molecule has 1 aromatic rings. The van der Waals surface area contributed by atoms with Gasteiger partial charge in [0.15, 0.2) is 0 Å². The molecule has 1 aromatic carbocycles. The summed E-state index contributed by atoms with van der Waals surface area (Å²) in [5.74, 6) is -0.335. The minimum Gasteiger partial charge on any atom is -0.367 e. The minimum absolute atomic E-state index is 0.0215. The van der Waals surface area contributed by atoms with Gasteiger partial charge in [-0.2, -0.15) is 0 Å². The van der Waals surface area contributed by atoms with Gasteiger partial charge in [0.05, 0.1) is 12.0 Å². The van der Waals surface area contributed by atoms with Crippen LogP contribution in [-0.4, -0.2) is 41.5 Å². The Balaban J connectivity index is 1.88. The summed E-state index contributed by atoms with van der Waals surface area (Å²) >= 11 is 0. The van der Waals surface area contributed by atoms with Crippen LogP contribution in [0, 0.1) is 5.41 Å². The van der Waals surface area contributed by atoms with Gasteiger partial charge in [0.2, 0.25) is 5.91 Å². The number of hydrogen-bond donors (Lipinski definition) is 0.